The van der Waals surface area contributed by atoms with Crippen LogP contribution in [0.15, 0.2) is 0 Å². The van der Waals surface area contributed by atoms with Crippen LogP contribution >= 0.6 is 0 Å². The topological polar surface area (TPSA) is 6.48 Å². The van der Waals surface area contributed by atoms with E-state index in [0.29, 0.717) is 11.0 Å². The molecule has 2 nitrogen and oxygen atoms in total. The average molecular weight is 224 g/mol. The van der Waals surface area contributed by atoms with Gasteiger partial charge in [-0.05, 0) is 32.6 Å². The van der Waals surface area contributed by atoms with Crippen LogP contribution in [0.25, 0.3) is 0 Å². The van der Waals surface area contributed by atoms with Crippen LogP contribution < -0.4 is 0 Å². The number of piperazine rings is 1. The van der Waals surface area contributed by atoms with Crippen LogP contribution in [0.5, 0.6) is 0 Å². The maximum Gasteiger partial charge on any atom is 0.0244 e. The lowest BCUT2D eigenvalue weighted by Gasteiger charge is -2.43. The first-order valence-corrected chi connectivity index (χ1v) is 6.68. The van der Waals surface area contributed by atoms with Crippen molar-refractivity contribution in [3.05, 3.63) is 0 Å². The van der Waals surface area contributed by atoms with Crippen molar-refractivity contribution in [3.63, 3.8) is 0 Å². The van der Waals surface area contributed by atoms with Gasteiger partial charge in [0.25, 0.3) is 0 Å². The van der Waals surface area contributed by atoms with Crippen LogP contribution in [0, 0.1) is 5.41 Å². The summed E-state index contributed by atoms with van der Waals surface area (Å²) in [5.41, 5.74) is 0.796. The quantitative estimate of drug-likeness (QED) is 0.675. The van der Waals surface area contributed by atoms with Gasteiger partial charge < -0.3 is 0 Å². The molecule has 0 aromatic carbocycles. The minimum absolute atomic E-state index is 0.354. The molecule has 2 atom stereocenters. The van der Waals surface area contributed by atoms with Gasteiger partial charge in [0, 0.05) is 37.3 Å². The van der Waals surface area contributed by atoms with E-state index >= 15 is 0 Å². The van der Waals surface area contributed by atoms with Crippen molar-refractivity contribution in [2.75, 3.05) is 19.6 Å². The SMILES string of the molecule is CC(C)(C)CN1C[C@@H]2C[C@H]1CN2C(C)(C)C. The number of likely N-dealkylation sites (tertiary alicyclic amines) is 2. The first-order valence-electron chi connectivity index (χ1n) is 6.68. The summed E-state index contributed by atoms with van der Waals surface area (Å²) in [4.78, 5) is 5.42. The highest BCUT2D eigenvalue weighted by Crippen LogP contribution is 2.36. The minimum Gasteiger partial charge on any atom is -0.297 e. The molecule has 2 aliphatic rings. The lowest BCUT2D eigenvalue weighted by atomic mass is 9.95. The zero-order valence-electron chi connectivity index (χ0n) is 11.9. The van der Waals surface area contributed by atoms with Crippen molar-refractivity contribution in [3.8, 4) is 0 Å². The molecule has 2 heterocycles. The monoisotopic (exact) mass is 224 g/mol. The first-order chi connectivity index (χ1) is 7.17. The largest absolute Gasteiger partial charge is 0.297 e. The maximum absolute atomic E-state index is 2.72. The van der Waals surface area contributed by atoms with E-state index in [2.05, 4.69) is 51.3 Å². The van der Waals surface area contributed by atoms with Crippen LogP contribution in [0.1, 0.15) is 48.0 Å². The molecule has 0 aliphatic carbocycles. The first kappa shape index (κ1) is 12.4. The smallest absolute Gasteiger partial charge is 0.0244 e. The van der Waals surface area contributed by atoms with E-state index in [1.165, 1.54) is 26.1 Å². The van der Waals surface area contributed by atoms with E-state index < -0.39 is 0 Å². The van der Waals surface area contributed by atoms with Crippen molar-refractivity contribution < 1.29 is 0 Å². The van der Waals surface area contributed by atoms with Crippen molar-refractivity contribution >= 4 is 0 Å². The number of hydrogen-bond donors (Lipinski definition) is 0. The second-order valence-electron chi connectivity index (χ2n) is 7.86. The predicted octanol–water partition coefficient (Wildman–Crippen LogP) is 2.59. The molecule has 0 saturated carbocycles. The molecule has 0 spiro atoms. The van der Waals surface area contributed by atoms with Gasteiger partial charge in [-0.15, -0.1) is 0 Å². The molecule has 2 rings (SSSR count). The summed E-state index contributed by atoms with van der Waals surface area (Å²) in [5.74, 6) is 0. The van der Waals surface area contributed by atoms with Gasteiger partial charge in [0.2, 0.25) is 0 Å². The molecule has 94 valence electrons. The summed E-state index contributed by atoms with van der Waals surface area (Å²) >= 11 is 0. The van der Waals surface area contributed by atoms with Gasteiger partial charge in [-0.25, -0.2) is 0 Å². The highest BCUT2D eigenvalue weighted by atomic mass is 15.4. The third-order valence-corrected chi connectivity index (χ3v) is 3.89. The lowest BCUT2D eigenvalue weighted by Crippen LogP contribution is -2.54. The van der Waals surface area contributed by atoms with Crippen LogP contribution in [0.4, 0.5) is 0 Å². The molecule has 0 N–H and O–H groups in total. The molecule has 0 aromatic rings. The van der Waals surface area contributed by atoms with Gasteiger partial charge in [0.1, 0.15) is 0 Å². The van der Waals surface area contributed by atoms with Gasteiger partial charge in [-0.3, -0.25) is 9.80 Å². The molecule has 2 heteroatoms. The summed E-state index contributed by atoms with van der Waals surface area (Å²) in [6.07, 6.45) is 1.40. The summed E-state index contributed by atoms with van der Waals surface area (Å²) in [6, 6.07) is 1.63. The number of nitrogens with zero attached hydrogens (tertiary/aromatic N) is 2. The maximum atomic E-state index is 2.72. The predicted molar refractivity (Wildman–Crippen MR) is 69.7 cm³/mol. The Kier molecular flexibility index (Phi) is 2.87. The summed E-state index contributed by atoms with van der Waals surface area (Å²) in [6.45, 7) is 17.9. The van der Waals surface area contributed by atoms with Gasteiger partial charge in [-0.1, -0.05) is 20.8 Å². The Bertz CT molecular complexity index is 259. The van der Waals surface area contributed by atoms with E-state index in [0.717, 1.165) is 12.1 Å². The fourth-order valence-corrected chi connectivity index (χ4v) is 3.37. The standard InChI is InChI=1S/C14H28N2/c1-13(2,3)10-15-8-12-7-11(15)9-16(12)14(4,5)6/h11-12H,7-10H2,1-6H3/t11-,12-/m0/s1. The Balaban J connectivity index is 1.96. The Morgan fingerprint density at radius 2 is 1.56 bits per heavy atom. The van der Waals surface area contributed by atoms with E-state index in [9.17, 15) is 0 Å². The fourth-order valence-electron chi connectivity index (χ4n) is 3.37. The third kappa shape index (κ3) is 2.43. The van der Waals surface area contributed by atoms with E-state index in [1.807, 2.05) is 0 Å². The van der Waals surface area contributed by atoms with Gasteiger partial charge in [0.15, 0.2) is 0 Å². The number of fused-ring (bicyclic) bond motifs is 2. The minimum atomic E-state index is 0.354. The van der Waals surface area contributed by atoms with E-state index in [-0.39, 0.29) is 0 Å². The Morgan fingerprint density at radius 3 is 1.94 bits per heavy atom. The molecule has 2 bridgehead atoms. The van der Waals surface area contributed by atoms with Crippen LogP contribution in [0.2, 0.25) is 0 Å². The summed E-state index contributed by atoms with van der Waals surface area (Å²) in [5, 5.41) is 0. The van der Waals surface area contributed by atoms with Crippen LogP contribution in [-0.2, 0) is 0 Å². The second-order valence-corrected chi connectivity index (χ2v) is 7.86. The Hall–Kier alpha value is -0.0800. The van der Waals surface area contributed by atoms with E-state index in [4.69, 9.17) is 0 Å². The highest BCUT2D eigenvalue weighted by Gasteiger charge is 2.47. The number of rotatable bonds is 1. The van der Waals surface area contributed by atoms with Crippen molar-refractivity contribution in [1.29, 1.82) is 0 Å². The Morgan fingerprint density at radius 1 is 0.938 bits per heavy atom. The molecule has 0 radical (unpaired) electrons. The third-order valence-electron chi connectivity index (χ3n) is 3.89. The molecule has 2 saturated heterocycles. The normalized spacial score (nSPS) is 32.6. The Labute approximate surface area is 101 Å². The molecule has 16 heavy (non-hydrogen) atoms. The zero-order chi connectivity index (χ0) is 12.1. The van der Waals surface area contributed by atoms with Crippen molar-refractivity contribution in [2.45, 2.75) is 65.6 Å². The highest BCUT2D eigenvalue weighted by molar-refractivity contribution is 5.03. The van der Waals surface area contributed by atoms with Crippen LogP contribution in [-0.4, -0.2) is 47.1 Å². The van der Waals surface area contributed by atoms with Gasteiger partial charge in [-0.2, -0.15) is 0 Å². The average Bonchev–Trinajstić information content (AvgIpc) is 2.56. The molecule has 0 amide bonds. The molecule has 2 aliphatic heterocycles. The van der Waals surface area contributed by atoms with Crippen molar-refractivity contribution in [1.82, 2.24) is 9.80 Å². The van der Waals surface area contributed by atoms with E-state index in [1.54, 1.807) is 0 Å². The molecule has 2 fully saturated rings. The molecular weight excluding hydrogens is 196 g/mol. The van der Waals surface area contributed by atoms with Crippen LogP contribution in [0.3, 0.4) is 0 Å². The fraction of sp³-hybridized carbons (Fsp3) is 1.00. The van der Waals surface area contributed by atoms with Gasteiger partial charge in [0.05, 0.1) is 0 Å². The van der Waals surface area contributed by atoms with Gasteiger partial charge >= 0.3 is 0 Å². The molecule has 0 aromatic heterocycles. The summed E-state index contributed by atoms with van der Waals surface area (Å²) < 4.78 is 0. The molecular formula is C14H28N2. The summed E-state index contributed by atoms with van der Waals surface area (Å²) in [7, 11) is 0. The number of hydrogen-bond acceptors (Lipinski definition) is 2. The lowest BCUT2D eigenvalue weighted by molar-refractivity contribution is 0.0443. The van der Waals surface area contributed by atoms with Crippen molar-refractivity contribution in [2.24, 2.45) is 5.41 Å². The molecule has 0 unspecified atom stereocenters. The zero-order valence-corrected chi connectivity index (χ0v) is 11.9. The second kappa shape index (κ2) is 3.71.